The fourth-order valence-corrected chi connectivity index (χ4v) is 2.86. The molecule has 2 heterocycles. The summed E-state index contributed by atoms with van der Waals surface area (Å²) in [4.78, 5) is 13.4. The molecule has 0 radical (unpaired) electrons. The van der Waals surface area contributed by atoms with Crippen molar-refractivity contribution >= 4 is 17.7 Å². The fourth-order valence-electron chi connectivity index (χ4n) is 2.86. The Hall–Kier alpha value is -3.01. The molecular weight excluding hydrogens is 296 g/mol. The summed E-state index contributed by atoms with van der Waals surface area (Å²) in [5, 5.41) is 3.37. The van der Waals surface area contributed by atoms with Crippen LogP contribution in [0.2, 0.25) is 0 Å². The molecule has 0 bridgehead atoms. The summed E-state index contributed by atoms with van der Waals surface area (Å²) < 4.78 is 0. The Bertz CT molecular complexity index is 944. The number of hydrogen-bond donors (Lipinski definition) is 1. The van der Waals surface area contributed by atoms with E-state index in [-0.39, 0.29) is 0 Å². The molecule has 3 aromatic rings. The molecule has 1 aliphatic heterocycles. The van der Waals surface area contributed by atoms with E-state index in [0.29, 0.717) is 0 Å². The van der Waals surface area contributed by atoms with Gasteiger partial charge in [-0.3, -0.25) is 4.99 Å². The number of aliphatic imine (C=N–C) groups is 1. The largest absolute Gasteiger partial charge is 0.340 e. The number of aryl methyl sites for hydroxylation is 2. The van der Waals surface area contributed by atoms with Crippen molar-refractivity contribution in [3.05, 3.63) is 70.9 Å². The van der Waals surface area contributed by atoms with Gasteiger partial charge < -0.3 is 5.32 Å². The van der Waals surface area contributed by atoms with Gasteiger partial charge >= 0.3 is 0 Å². The molecule has 1 N–H and O–H groups in total. The summed E-state index contributed by atoms with van der Waals surface area (Å²) in [7, 11) is 0. The molecular formula is C20H18N4. The number of aromatic nitrogens is 2. The minimum absolute atomic E-state index is 0.740. The van der Waals surface area contributed by atoms with Crippen molar-refractivity contribution in [2.24, 2.45) is 4.99 Å². The maximum Gasteiger partial charge on any atom is 0.161 e. The smallest absolute Gasteiger partial charge is 0.161 e. The topological polar surface area (TPSA) is 50.2 Å². The molecule has 0 saturated heterocycles. The van der Waals surface area contributed by atoms with Gasteiger partial charge in [0.25, 0.3) is 0 Å². The van der Waals surface area contributed by atoms with Crippen molar-refractivity contribution in [2.45, 2.75) is 20.4 Å². The van der Waals surface area contributed by atoms with E-state index in [9.17, 15) is 0 Å². The summed E-state index contributed by atoms with van der Waals surface area (Å²) in [5.74, 6) is 1.53. The van der Waals surface area contributed by atoms with Crippen LogP contribution >= 0.6 is 0 Å². The van der Waals surface area contributed by atoms with Gasteiger partial charge in [-0.2, -0.15) is 0 Å². The molecule has 4 nitrogen and oxygen atoms in total. The van der Waals surface area contributed by atoms with Crippen molar-refractivity contribution in [3.63, 3.8) is 0 Å². The van der Waals surface area contributed by atoms with Crippen molar-refractivity contribution in [1.82, 2.24) is 9.97 Å². The van der Waals surface area contributed by atoms with Crippen LogP contribution in [0.5, 0.6) is 0 Å². The Labute approximate surface area is 141 Å². The number of benzene rings is 2. The Kier molecular flexibility index (Phi) is 3.58. The number of nitrogens with one attached hydrogen (secondary N) is 1. The van der Waals surface area contributed by atoms with E-state index in [1.54, 1.807) is 6.20 Å². The van der Waals surface area contributed by atoms with E-state index < -0.39 is 0 Å². The van der Waals surface area contributed by atoms with Gasteiger partial charge in [0, 0.05) is 23.7 Å². The van der Waals surface area contributed by atoms with Crippen LogP contribution in [0.4, 0.5) is 11.5 Å². The lowest BCUT2D eigenvalue weighted by Crippen LogP contribution is -1.98. The molecule has 0 amide bonds. The Morgan fingerprint density at radius 3 is 2.83 bits per heavy atom. The van der Waals surface area contributed by atoms with Gasteiger partial charge in [0.2, 0.25) is 0 Å². The first kappa shape index (κ1) is 14.6. The molecule has 118 valence electrons. The van der Waals surface area contributed by atoms with E-state index in [1.807, 2.05) is 12.3 Å². The lowest BCUT2D eigenvalue weighted by Gasteiger charge is -2.10. The summed E-state index contributed by atoms with van der Waals surface area (Å²) in [5.41, 5.74) is 6.89. The van der Waals surface area contributed by atoms with Crippen LogP contribution in [0.25, 0.3) is 11.4 Å². The SMILES string of the molecule is Cc1ccc(C)c(-c2nccc(Nc3ccc4c(c3)C=NC4)n2)c1. The number of anilines is 2. The van der Waals surface area contributed by atoms with Crippen LogP contribution in [0.1, 0.15) is 22.3 Å². The minimum atomic E-state index is 0.740. The molecule has 1 aromatic heterocycles. The molecule has 0 unspecified atom stereocenters. The first-order valence-corrected chi connectivity index (χ1v) is 7.99. The number of fused-ring (bicyclic) bond motifs is 1. The van der Waals surface area contributed by atoms with Crippen molar-refractivity contribution in [1.29, 1.82) is 0 Å². The summed E-state index contributed by atoms with van der Waals surface area (Å²) in [6.45, 7) is 4.94. The predicted octanol–water partition coefficient (Wildman–Crippen LogP) is 4.44. The van der Waals surface area contributed by atoms with Crippen LogP contribution < -0.4 is 5.32 Å². The van der Waals surface area contributed by atoms with Crippen molar-refractivity contribution in [3.8, 4) is 11.4 Å². The third-order valence-corrected chi connectivity index (χ3v) is 4.20. The lowest BCUT2D eigenvalue weighted by molar-refractivity contribution is 1.11. The number of hydrogen-bond acceptors (Lipinski definition) is 4. The van der Waals surface area contributed by atoms with Gasteiger partial charge in [-0.05, 0) is 54.8 Å². The van der Waals surface area contributed by atoms with E-state index in [1.165, 1.54) is 22.3 Å². The van der Waals surface area contributed by atoms with E-state index in [2.05, 4.69) is 70.5 Å². The molecule has 1 aliphatic rings. The highest BCUT2D eigenvalue weighted by Gasteiger charge is 2.09. The van der Waals surface area contributed by atoms with Gasteiger partial charge in [-0.1, -0.05) is 23.8 Å². The molecule has 0 spiro atoms. The second-order valence-electron chi connectivity index (χ2n) is 6.09. The lowest BCUT2D eigenvalue weighted by atomic mass is 10.1. The summed E-state index contributed by atoms with van der Waals surface area (Å²) >= 11 is 0. The van der Waals surface area contributed by atoms with Gasteiger partial charge in [0.05, 0.1) is 6.54 Å². The average molecular weight is 314 g/mol. The Balaban J connectivity index is 1.65. The van der Waals surface area contributed by atoms with Crippen molar-refractivity contribution < 1.29 is 0 Å². The highest BCUT2D eigenvalue weighted by Crippen LogP contribution is 2.24. The number of rotatable bonds is 3. The molecule has 4 rings (SSSR count). The van der Waals surface area contributed by atoms with E-state index in [4.69, 9.17) is 0 Å². The normalized spacial score (nSPS) is 12.2. The van der Waals surface area contributed by atoms with E-state index in [0.717, 1.165) is 29.4 Å². The van der Waals surface area contributed by atoms with Crippen LogP contribution in [0.3, 0.4) is 0 Å². The van der Waals surface area contributed by atoms with Gasteiger partial charge in [0.15, 0.2) is 5.82 Å². The maximum absolute atomic E-state index is 4.68. The number of nitrogens with zero attached hydrogens (tertiary/aromatic N) is 3. The Morgan fingerprint density at radius 1 is 1.00 bits per heavy atom. The second kappa shape index (κ2) is 5.89. The van der Waals surface area contributed by atoms with Gasteiger partial charge in [-0.25, -0.2) is 9.97 Å². The molecule has 0 saturated carbocycles. The minimum Gasteiger partial charge on any atom is -0.340 e. The molecule has 2 aromatic carbocycles. The zero-order chi connectivity index (χ0) is 16.5. The van der Waals surface area contributed by atoms with Crippen LogP contribution in [0.15, 0.2) is 53.7 Å². The quantitative estimate of drug-likeness (QED) is 0.777. The molecule has 0 atom stereocenters. The van der Waals surface area contributed by atoms with Crippen LogP contribution in [0, 0.1) is 13.8 Å². The van der Waals surface area contributed by atoms with Gasteiger partial charge in [-0.15, -0.1) is 0 Å². The zero-order valence-corrected chi connectivity index (χ0v) is 13.7. The molecule has 24 heavy (non-hydrogen) atoms. The van der Waals surface area contributed by atoms with Gasteiger partial charge in [0.1, 0.15) is 5.82 Å². The second-order valence-corrected chi connectivity index (χ2v) is 6.09. The van der Waals surface area contributed by atoms with Crippen LogP contribution in [-0.2, 0) is 6.54 Å². The molecule has 0 fully saturated rings. The molecule has 4 heteroatoms. The predicted molar refractivity (Wildman–Crippen MR) is 98.0 cm³/mol. The highest BCUT2D eigenvalue weighted by atomic mass is 15.0. The fraction of sp³-hybridized carbons (Fsp3) is 0.150. The highest BCUT2D eigenvalue weighted by molar-refractivity contribution is 5.86. The maximum atomic E-state index is 4.68. The monoisotopic (exact) mass is 314 g/mol. The van der Waals surface area contributed by atoms with Crippen molar-refractivity contribution in [2.75, 3.05) is 5.32 Å². The Morgan fingerprint density at radius 2 is 1.92 bits per heavy atom. The molecule has 0 aliphatic carbocycles. The average Bonchev–Trinajstić information content (AvgIpc) is 3.05. The third-order valence-electron chi connectivity index (χ3n) is 4.20. The first-order valence-electron chi connectivity index (χ1n) is 7.99. The standard InChI is InChI=1S/C20H18N4/c1-13-3-4-14(2)18(9-13)20-22-8-7-19(24-20)23-17-6-5-15-11-21-12-16(15)10-17/h3-10,12H,11H2,1-2H3,(H,22,23,24). The summed E-state index contributed by atoms with van der Waals surface area (Å²) in [6, 6.07) is 14.5. The van der Waals surface area contributed by atoms with Crippen LogP contribution in [-0.4, -0.2) is 16.2 Å². The summed E-state index contributed by atoms with van der Waals surface area (Å²) in [6.07, 6.45) is 3.71. The van der Waals surface area contributed by atoms with E-state index >= 15 is 0 Å². The zero-order valence-electron chi connectivity index (χ0n) is 13.7. The first-order chi connectivity index (χ1) is 11.7. The third kappa shape index (κ3) is 2.78.